The maximum Gasteiger partial charge on any atom is 0.0260 e. The molecule has 0 bridgehead atoms. The topological polar surface area (TPSA) is 12.0 Å². The van der Waals surface area contributed by atoms with Crippen LogP contribution in [0, 0.1) is 0 Å². The zero-order chi connectivity index (χ0) is 14.1. The van der Waals surface area contributed by atoms with Crippen molar-refractivity contribution in [2.45, 2.75) is 41.9 Å². The lowest BCUT2D eigenvalue weighted by Gasteiger charge is -2.26. The van der Waals surface area contributed by atoms with Gasteiger partial charge in [0, 0.05) is 22.7 Å². The molecule has 1 N–H and O–H groups in total. The van der Waals surface area contributed by atoms with Gasteiger partial charge in [-0.25, -0.2) is 0 Å². The minimum Gasteiger partial charge on any atom is -0.313 e. The van der Waals surface area contributed by atoms with Crippen molar-refractivity contribution in [1.82, 2.24) is 5.32 Å². The first-order chi connectivity index (χ1) is 10.4. The number of aryl methyl sites for hydroxylation is 1. The lowest BCUT2D eigenvalue weighted by atomic mass is 9.88. The zero-order valence-electron chi connectivity index (χ0n) is 12.2. The van der Waals surface area contributed by atoms with Crippen LogP contribution in [-0.4, -0.2) is 17.8 Å². The molecule has 2 atom stereocenters. The van der Waals surface area contributed by atoms with Crippen molar-refractivity contribution in [1.29, 1.82) is 0 Å². The van der Waals surface area contributed by atoms with Crippen LogP contribution in [-0.2, 0) is 19.3 Å². The second-order valence-electron chi connectivity index (χ2n) is 6.17. The number of rotatable bonds is 3. The molecule has 21 heavy (non-hydrogen) atoms. The largest absolute Gasteiger partial charge is 0.313 e. The van der Waals surface area contributed by atoms with E-state index in [2.05, 4.69) is 53.8 Å². The molecule has 0 saturated heterocycles. The molecule has 2 aromatic carbocycles. The smallest absolute Gasteiger partial charge is 0.0260 e. The standard InChI is InChI=1S/C19H21NS/c1-2-6-15-11-17(10-9-14(15)5-1)20-13-18-12-16-7-3-4-8-19(16)21-18/h1-8,17-18,20H,9-13H2. The first-order valence-electron chi connectivity index (χ1n) is 7.93. The van der Waals surface area contributed by atoms with Crippen molar-refractivity contribution >= 4 is 11.8 Å². The fourth-order valence-corrected chi connectivity index (χ4v) is 4.80. The van der Waals surface area contributed by atoms with Gasteiger partial charge in [0.15, 0.2) is 0 Å². The third-order valence-corrected chi connectivity index (χ3v) is 6.01. The number of nitrogens with one attached hydrogen (secondary N) is 1. The Morgan fingerprint density at radius 1 is 0.905 bits per heavy atom. The lowest BCUT2D eigenvalue weighted by molar-refractivity contribution is 0.458. The number of hydrogen-bond donors (Lipinski definition) is 1. The molecule has 1 nitrogen and oxygen atoms in total. The third kappa shape index (κ3) is 2.88. The summed E-state index contributed by atoms with van der Waals surface area (Å²) < 4.78 is 0. The average Bonchev–Trinajstić information content (AvgIpc) is 2.95. The van der Waals surface area contributed by atoms with E-state index in [-0.39, 0.29) is 0 Å². The Morgan fingerprint density at radius 3 is 2.52 bits per heavy atom. The summed E-state index contributed by atoms with van der Waals surface area (Å²) in [5.41, 5.74) is 4.63. The summed E-state index contributed by atoms with van der Waals surface area (Å²) in [7, 11) is 0. The Kier molecular flexibility index (Phi) is 3.74. The van der Waals surface area contributed by atoms with Gasteiger partial charge in [0.2, 0.25) is 0 Å². The van der Waals surface area contributed by atoms with Crippen molar-refractivity contribution < 1.29 is 0 Å². The first kappa shape index (κ1) is 13.4. The number of thioether (sulfide) groups is 1. The van der Waals surface area contributed by atoms with Crippen LogP contribution in [0.4, 0.5) is 0 Å². The van der Waals surface area contributed by atoms with E-state index < -0.39 is 0 Å². The number of benzene rings is 2. The Bertz CT molecular complexity index is 612. The molecule has 0 spiro atoms. The van der Waals surface area contributed by atoms with Crippen LogP contribution in [0.3, 0.4) is 0 Å². The summed E-state index contributed by atoms with van der Waals surface area (Å²) in [5, 5.41) is 4.53. The van der Waals surface area contributed by atoms with E-state index in [1.165, 1.54) is 36.1 Å². The SMILES string of the molecule is c1ccc2c(c1)CCC(NCC1Cc3ccccc3S1)C2. The van der Waals surface area contributed by atoms with Crippen LogP contribution >= 0.6 is 11.8 Å². The van der Waals surface area contributed by atoms with Crippen LogP contribution in [0.5, 0.6) is 0 Å². The molecule has 1 heterocycles. The highest BCUT2D eigenvalue weighted by molar-refractivity contribution is 8.00. The Hall–Kier alpha value is -1.25. The molecule has 1 aliphatic carbocycles. The second kappa shape index (κ2) is 5.86. The molecule has 108 valence electrons. The lowest BCUT2D eigenvalue weighted by Crippen LogP contribution is -2.38. The monoisotopic (exact) mass is 295 g/mol. The molecule has 2 aliphatic rings. The maximum atomic E-state index is 3.82. The fourth-order valence-electron chi connectivity index (χ4n) is 3.54. The summed E-state index contributed by atoms with van der Waals surface area (Å²) in [6.45, 7) is 1.13. The van der Waals surface area contributed by atoms with Gasteiger partial charge in [-0.05, 0) is 48.4 Å². The molecule has 0 aromatic heterocycles. The van der Waals surface area contributed by atoms with Crippen molar-refractivity contribution in [3.63, 3.8) is 0 Å². The Morgan fingerprint density at radius 2 is 1.67 bits per heavy atom. The van der Waals surface area contributed by atoms with Gasteiger partial charge in [0.05, 0.1) is 0 Å². The van der Waals surface area contributed by atoms with E-state index in [0.29, 0.717) is 11.3 Å². The molecule has 0 radical (unpaired) electrons. The van der Waals surface area contributed by atoms with Crippen LogP contribution in [0.2, 0.25) is 0 Å². The third-order valence-electron chi connectivity index (χ3n) is 4.69. The summed E-state index contributed by atoms with van der Waals surface area (Å²) in [6.07, 6.45) is 4.92. The molecule has 0 fully saturated rings. The van der Waals surface area contributed by atoms with Crippen molar-refractivity contribution in [3.8, 4) is 0 Å². The highest BCUT2D eigenvalue weighted by Crippen LogP contribution is 2.36. The predicted molar refractivity (Wildman–Crippen MR) is 90.0 cm³/mol. The zero-order valence-corrected chi connectivity index (χ0v) is 13.0. The Labute approximate surface area is 131 Å². The fraction of sp³-hybridized carbons (Fsp3) is 0.368. The van der Waals surface area contributed by atoms with Crippen molar-refractivity contribution in [2.24, 2.45) is 0 Å². The highest BCUT2D eigenvalue weighted by atomic mass is 32.2. The normalized spacial score (nSPS) is 23.6. The summed E-state index contributed by atoms with van der Waals surface area (Å²) in [5.74, 6) is 0. The van der Waals surface area contributed by atoms with E-state index >= 15 is 0 Å². The van der Waals surface area contributed by atoms with E-state index in [1.54, 1.807) is 11.1 Å². The highest BCUT2D eigenvalue weighted by Gasteiger charge is 2.23. The van der Waals surface area contributed by atoms with Crippen LogP contribution in [0.15, 0.2) is 53.4 Å². The van der Waals surface area contributed by atoms with E-state index in [4.69, 9.17) is 0 Å². The average molecular weight is 295 g/mol. The van der Waals surface area contributed by atoms with Gasteiger partial charge >= 0.3 is 0 Å². The summed E-state index contributed by atoms with van der Waals surface area (Å²) in [4.78, 5) is 1.48. The molecule has 0 amide bonds. The maximum absolute atomic E-state index is 3.82. The van der Waals surface area contributed by atoms with Crippen molar-refractivity contribution in [2.75, 3.05) is 6.54 Å². The minimum atomic E-state index is 0.657. The van der Waals surface area contributed by atoms with Gasteiger partial charge in [-0.3, -0.25) is 0 Å². The van der Waals surface area contributed by atoms with Gasteiger partial charge in [-0.15, -0.1) is 11.8 Å². The molecular formula is C19H21NS. The van der Waals surface area contributed by atoms with E-state index in [1.807, 2.05) is 11.8 Å². The molecule has 2 heteroatoms. The van der Waals surface area contributed by atoms with Gasteiger partial charge in [-0.1, -0.05) is 42.5 Å². The number of fused-ring (bicyclic) bond motifs is 2. The number of hydrogen-bond acceptors (Lipinski definition) is 2. The van der Waals surface area contributed by atoms with E-state index in [9.17, 15) is 0 Å². The van der Waals surface area contributed by atoms with Gasteiger partial charge in [0.25, 0.3) is 0 Å². The van der Waals surface area contributed by atoms with Crippen molar-refractivity contribution in [3.05, 3.63) is 65.2 Å². The van der Waals surface area contributed by atoms with E-state index in [0.717, 1.165) is 6.54 Å². The Balaban J connectivity index is 1.33. The second-order valence-corrected chi connectivity index (χ2v) is 7.51. The molecule has 0 saturated carbocycles. The van der Waals surface area contributed by atoms with Gasteiger partial charge in [0.1, 0.15) is 0 Å². The summed E-state index contributed by atoms with van der Waals surface area (Å²) in [6, 6.07) is 18.4. The van der Waals surface area contributed by atoms with Gasteiger partial charge in [-0.2, -0.15) is 0 Å². The molecular weight excluding hydrogens is 274 g/mol. The molecule has 4 rings (SSSR count). The minimum absolute atomic E-state index is 0.657. The molecule has 2 unspecified atom stereocenters. The summed E-state index contributed by atoms with van der Waals surface area (Å²) >= 11 is 2.05. The van der Waals surface area contributed by atoms with Crippen LogP contribution < -0.4 is 5.32 Å². The predicted octanol–water partition coefficient (Wildman–Crippen LogP) is 3.85. The van der Waals surface area contributed by atoms with Gasteiger partial charge < -0.3 is 5.32 Å². The first-order valence-corrected chi connectivity index (χ1v) is 8.81. The quantitative estimate of drug-likeness (QED) is 0.923. The van der Waals surface area contributed by atoms with Crippen LogP contribution in [0.1, 0.15) is 23.1 Å². The molecule has 2 aromatic rings. The molecule has 1 aliphatic heterocycles. The van der Waals surface area contributed by atoms with Crippen LogP contribution in [0.25, 0.3) is 0 Å².